The van der Waals surface area contributed by atoms with Gasteiger partial charge in [0.15, 0.2) is 4.77 Å². The van der Waals surface area contributed by atoms with Crippen LogP contribution in [-0.4, -0.2) is 9.55 Å². The van der Waals surface area contributed by atoms with E-state index in [9.17, 15) is 4.39 Å². The summed E-state index contributed by atoms with van der Waals surface area (Å²) in [4.78, 5) is 3.06. The molecule has 0 aliphatic carbocycles. The monoisotopic (exact) mass is 272 g/mol. The summed E-state index contributed by atoms with van der Waals surface area (Å²) >= 11 is 11.0. The molecule has 0 spiro atoms. The summed E-state index contributed by atoms with van der Waals surface area (Å²) in [6.45, 7) is 6.29. The molecule has 0 bridgehead atoms. The lowest BCUT2D eigenvalue weighted by Crippen LogP contribution is -2.11. The number of rotatable bonds is 2. The number of hydrogen-bond donors (Lipinski definition) is 1. The third-order valence-electron chi connectivity index (χ3n) is 3.13. The van der Waals surface area contributed by atoms with E-state index in [1.54, 1.807) is 6.07 Å². The Kier molecular flexibility index (Phi) is 3.27. The third-order valence-corrected chi connectivity index (χ3v) is 3.72. The van der Waals surface area contributed by atoms with Gasteiger partial charge in [-0.05, 0) is 31.1 Å². The molecule has 1 heterocycles. The van der Waals surface area contributed by atoms with Crippen LogP contribution in [0.1, 0.15) is 26.8 Å². The van der Waals surface area contributed by atoms with Gasteiger partial charge in [-0.25, -0.2) is 4.39 Å². The molecule has 0 saturated heterocycles. The average molecular weight is 273 g/mol. The van der Waals surface area contributed by atoms with Crippen molar-refractivity contribution in [3.63, 3.8) is 0 Å². The van der Waals surface area contributed by atoms with E-state index >= 15 is 0 Å². The Morgan fingerprint density at radius 1 is 1.35 bits per heavy atom. The summed E-state index contributed by atoms with van der Waals surface area (Å²) in [5.74, 6) is -0.00249. The van der Waals surface area contributed by atoms with E-state index in [1.165, 1.54) is 6.07 Å². The van der Waals surface area contributed by atoms with Crippen LogP contribution in [0.25, 0.3) is 11.0 Å². The first kappa shape index (κ1) is 12.6. The van der Waals surface area contributed by atoms with Gasteiger partial charge in [0, 0.05) is 12.1 Å². The normalized spacial score (nSPS) is 13.5. The molecule has 5 heteroatoms. The number of benzene rings is 1. The zero-order valence-corrected chi connectivity index (χ0v) is 11.5. The van der Waals surface area contributed by atoms with Crippen LogP contribution in [0.3, 0.4) is 0 Å². The number of aromatic amines is 1. The Hall–Kier alpha value is -0.870. The summed E-state index contributed by atoms with van der Waals surface area (Å²) in [5.41, 5.74) is 1.53. The van der Waals surface area contributed by atoms with Gasteiger partial charge in [-0.15, -0.1) is 0 Å². The first-order chi connectivity index (χ1) is 7.91. The molecule has 1 aromatic carbocycles. The second-order valence-electron chi connectivity index (χ2n) is 4.57. The molecule has 2 aromatic rings. The molecule has 0 amide bonds. The summed E-state index contributed by atoms with van der Waals surface area (Å²) in [6.07, 6.45) is 0. The zero-order valence-electron chi connectivity index (χ0n) is 9.92. The van der Waals surface area contributed by atoms with Crippen molar-refractivity contribution < 1.29 is 4.39 Å². The van der Waals surface area contributed by atoms with Gasteiger partial charge in [0.25, 0.3) is 0 Å². The van der Waals surface area contributed by atoms with Crippen LogP contribution < -0.4 is 0 Å². The van der Waals surface area contributed by atoms with Gasteiger partial charge in [0.2, 0.25) is 0 Å². The molecule has 0 aliphatic heterocycles. The van der Waals surface area contributed by atoms with Crippen molar-refractivity contribution in [3.8, 4) is 0 Å². The van der Waals surface area contributed by atoms with E-state index in [0.29, 0.717) is 10.7 Å². The van der Waals surface area contributed by atoms with Gasteiger partial charge in [-0.1, -0.05) is 25.4 Å². The van der Waals surface area contributed by atoms with Crippen molar-refractivity contribution in [1.82, 2.24) is 9.55 Å². The minimum Gasteiger partial charge on any atom is -0.331 e. The van der Waals surface area contributed by atoms with Crippen molar-refractivity contribution >= 4 is 34.9 Å². The Balaban J connectivity index is 2.75. The highest BCUT2D eigenvalue weighted by atomic mass is 35.5. The van der Waals surface area contributed by atoms with Gasteiger partial charge < -0.3 is 9.55 Å². The first-order valence-electron chi connectivity index (χ1n) is 5.51. The molecule has 1 atom stereocenters. The van der Waals surface area contributed by atoms with Gasteiger partial charge in [0.1, 0.15) is 5.82 Å². The maximum atomic E-state index is 13.5. The molecule has 92 valence electrons. The lowest BCUT2D eigenvalue weighted by atomic mass is 10.1. The minimum atomic E-state index is -0.419. The van der Waals surface area contributed by atoms with Gasteiger partial charge in [-0.2, -0.15) is 0 Å². The van der Waals surface area contributed by atoms with Crippen LogP contribution in [-0.2, 0) is 0 Å². The number of aromatic nitrogens is 2. The van der Waals surface area contributed by atoms with E-state index in [0.717, 1.165) is 11.0 Å². The van der Waals surface area contributed by atoms with E-state index < -0.39 is 5.82 Å². The standard InChI is InChI=1S/C12H14ClFN2S/c1-6(2)7(3)16-11-5-9(14)8(13)4-10(11)15-12(16)17/h4-7H,1-3H3,(H,15,17). The van der Waals surface area contributed by atoms with Crippen molar-refractivity contribution in [2.45, 2.75) is 26.8 Å². The molecule has 0 fully saturated rings. The van der Waals surface area contributed by atoms with Gasteiger partial charge in [-0.3, -0.25) is 0 Å². The lowest BCUT2D eigenvalue weighted by Gasteiger charge is -2.18. The number of H-pyrrole nitrogens is 1. The van der Waals surface area contributed by atoms with Crippen LogP contribution >= 0.6 is 23.8 Å². The second kappa shape index (κ2) is 4.42. The molecule has 1 N–H and O–H groups in total. The summed E-state index contributed by atoms with van der Waals surface area (Å²) in [7, 11) is 0. The van der Waals surface area contributed by atoms with Crippen molar-refractivity contribution in [2.24, 2.45) is 5.92 Å². The summed E-state index contributed by atoms with van der Waals surface area (Å²) < 4.78 is 16.0. The smallest absolute Gasteiger partial charge is 0.178 e. The van der Waals surface area contributed by atoms with Gasteiger partial charge >= 0.3 is 0 Å². The predicted molar refractivity (Wildman–Crippen MR) is 71.6 cm³/mol. The number of fused-ring (bicyclic) bond motifs is 1. The molecule has 0 aliphatic rings. The minimum absolute atomic E-state index is 0.109. The van der Waals surface area contributed by atoms with Crippen LogP contribution in [0.15, 0.2) is 12.1 Å². The molecule has 17 heavy (non-hydrogen) atoms. The number of hydrogen-bond acceptors (Lipinski definition) is 1. The number of halogens is 2. The Bertz CT molecular complexity index is 615. The van der Waals surface area contributed by atoms with Crippen LogP contribution in [0.5, 0.6) is 0 Å². The van der Waals surface area contributed by atoms with Crippen LogP contribution in [0.4, 0.5) is 4.39 Å². The highest BCUT2D eigenvalue weighted by Gasteiger charge is 2.15. The zero-order chi connectivity index (χ0) is 12.7. The quantitative estimate of drug-likeness (QED) is 0.786. The van der Waals surface area contributed by atoms with Gasteiger partial charge in [0.05, 0.1) is 16.1 Å². The summed E-state index contributed by atoms with van der Waals surface area (Å²) in [6, 6.07) is 3.21. The maximum Gasteiger partial charge on any atom is 0.178 e. The Labute approximate surface area is 109 Å². The molecule has 2 nitrogen and oxygen atoms in total. The molecule has 0 radical (unpaired) electrons. The molecule has 1 unspecified atom stereocenters. The lowest BCUT2D eigenvalue weighted by molar-refractivity contribution is 0.413. The van der Waals surface area contributed by atoms with Crippen LogP contribution in [0, 0.1) is 16.5 Å². The van der Waals surface area contributed by atoms with E-state index in [-0.39, 0.29) is 11.1 Å². The predicted octanol–water partition coefficient (Wildman–Crippen LogP) is 4.71. The molecule has 1 aromatic heterocycles. The summed E-state index contributed by atoms with van der Waals surface area (Å²) in [5, 5.41) is 0.109. The molecule has 0 saturated carbocycles. The molecular formula is C12H14ClFN2S. The topological polar surface area (TPSA) is 20.7 Å². The Morgan fingerprint density at radius 3 is 2.59 bits per heavy atom. The van der Waals surface area contributed by atoms with Crippen molar-refractivity contribution in [2.75, 3.05) is 0 Å². The van der Waals surface area contributed by atoms with Crippen LogP contribution in [0.2, 0.25) is 5.02 Å². The molecule has 2 rings (SSSR count). The number of nitrogens with one attached hydrogen (secondary N) is 1. The highest BCUT2D eigenvalue weighted by Crippen LogP contribution is 2.27. The van der Waals surface area contributed by atoms with Crippen molar-refractivity contribution in [3.05, 3.63) is 27.7 Å². The number of imidazole rings is 1. The van der Waals surface area contributed by atoms with E-state index in [4.69, 9.17) is 23.8 Å². The SMILES string of the molecule is CC(C)C(C)n1c(=S)[nH]c2cc(Cl)c(F)cc21. The Morgan fingerprint density at radius 2 is 2.00 bits per heavy atom. The van der Waals surface area contributed by atoms with Crippen molar-refractivity contribution in [1.29, 1.82) is 0 Å². The molecular weight excluding hydrogens is 259 g/mol. The number of nitrogens with zero attached hydrogens (tertiary/aromatic N) is 1. The van der Waals surface area contributed by atoms with E-state index in [2.05, 4.69) is 25.8 Å². The fraction of sp³-hybridized carbons (Fsp3) is 0.417. The average Bonchev–Trinajstić information content (AvgIpc) is 2.53. The first-order valence-corrected chi connectivity index (χ1v) is 6.29. The fourth-order valence-corrected chi connectivity index (χ4v) is 2.36. The fourth-order valence-electron chi connectivity index (χ4n) is 1.82. The largest absolute Gasteiger partial charge is 0.331 e. The second-order valence-corrected chi connectivity index (χ2v) is 5.36. The van der Waals surface area contributed by atoms with E-state index in [1.807, 2.05) is 4.57 Å². The maximum absolute atomic E-state index is 13.5. The third kappa shape index (κ3) is 2.11. The highest BCUT2D eigenvalue weighted by molar-refractivity contribution is 7.71.